The molecule has 1 aliphatic heterocycles. The van der Waals surface area contributed by atoms with Crippen molar-refractivity contribution in [1.82, 2.24) is 15.0 Å². The second-order valence-electron chi connectivity index (χ2n) is 5.46. The Morgan fingerprint density at radius 1 is 1.27 bits per heavy atom. The lowest BCUT2D eigenvalue weighted by molar-refractivity contribution is 0.101. The number of Topliss-reactive ketones (excluding diaryl/α,β-unsaturated/α-hetero) is 1. The fourth-order valence-corrected chi connectivity index (χ4v) is 2.94. The summed E-state index contributed by atoms with van der Waals surface area (Å²) in [5.74, 6) is 0.960. The lowest BCUT2D eigenvalue weighted by Gasteiger charge is -2.28. The van der Waals surface area contributed by atoms with E-state index in [9.17, 15) is 4.79 Å². The van der Waals surface area contributed by atoms with Crippen LogP contribution in [-0.4, -0.2) is 47.0 Å². The number of ketones is 1. The normalized spacial score (nSPS) is 15.6. The molecule has 0 bridgehead atoms. The molecular weight excluding hydrogens is 280 g/mol. The number of nitrogens with zero attached hydrogens (tertiary/aromatic N) is 3. The van der Waals surface area contributed by atoms with Crippen LogP contribution in [0, 0.1) is 0 Å². The van der Waals surface area contributed by atoms with Crippen molar-refractivity contribution in [1.29, 1.82) is 0 Å². The molecule has 3 heterocycles. The molecule has 0 saturated carbocycles. The van der Waals surface area contributed by atoms with E-state index in [1.165, 1.54) is 0 Å². The Kier molecular flexibility index (Phi) is 3.04. The molecule has 112 valence electrons. The van der Waals surface area contributed by atoms with Crippen LogP contribution in [0.5, 0.6) is 0 Å². The first kappa shape index (κ1) is 13.2. The molecule has 0 radical (unpaired) electrons. The molecule has 0 unspecified atom stereocenters. The van der Waals surface area contributed by atoms with Crippen LogP contribution in [0.25, 0.3) is 21.9 Å². The van der Waals surface area contributed by atoms with E-state index in [1.807, 2.05) is 18.2 Å². The minimum absolute atomic E-state index is 0.0565. The average molecular weight is 296 g/mol. The molecule has 0 aliphatic carbocycles. The third-order valence-corrected chi connectivity index (χ3v) is 4.09. The van der Waals surface area contributed by atoms with Gasteiger partial charge in [-0.2, -0.15) is 0 Å². The standard InChI is InChI=1S/C16H16N4O2/c1-10(21)11-2-3-13-12(8-11)14-15(19-13)17-9-18-16(14)20-4-6-22-7-5-20/h2-3,8-9H,4-7H2,1H3,(H,17,18,19). The first-order valence-electron chi connectivity index (χ1n) is 7.34. The fraction of sp³-hybridized carbons (Fsp3) is 0.312. The summed E-state index contributed by atoms with van der Waals surface area (Å²) >= 11 is 0. The van der Waals surface area contributed by atoms with Crippen molar-refractivity contribution in [3.8, 4) is 0 Å². The molecular formula is C16H16N4O2. The lowest BCUT2D eigenvalue weighted by atomic mass is 10.1. The zero-order valence-corrected chi connectivity index (χ0v) is 12.3. The topological polar surface area (TPSA) is 71.1 Å². The maximum atomic E-state index is 11.7. The number of hydrogen-bond acceptors (Lipinski definition) is 5. The number of nitrogens with one attached hydrogen (secondary N) is 1. The van der Waals surface area contributed by atoms with Crippen LogP contribution in [0.2, 0.25) is 0 Å². The number of carbonyl (C=O) groups excluding carboxylic acids is 1. The Hall–Kier alpha value is -2.47. The van der Waals surface area contributed by atoms with Crippen molar-refractivity contribution < 1.29 is 9.53 Å². The lowest BCUT2D eigenvalue weighted by Crippen LogP contribution is -2.36. The van der Waals surface area contributed by atoms with Crippen LogP contribution in [0.1, 0.15) is 17.3 Å². The number of anilines is 1. The smallest absolute Gasteiger partial charge is 0.159 e. The number of hydrogen-bond donors (Lipinski definition) is 1. The van der Waals surface area contributed by atoms with Gasteiger partial charge >= 0.3 is 0 Å². The first-order chi connectivity index (χ1) is 10.7. The number of aromatic amines is 1. The van der Waals surface area contributed by atoms with E-state index in [4.69, 9.17) is 4.74 Å². The number of carbonyl (C=O) groups is 1. The Balaban J connectivity index is 1.98. The van der Waals surface area contributed by atoms with Gasteiger partial charge in [0.25, 0.3) is 0 Å². The maximum Gasteiger partial charge on any atom is 0.159 e. The highest BCUT2D eigenvalue weighted by atomic mass is 16.5. The largest absolute Gasteiger partial charge is 0.378 e. The van der Waals surface area contributed by atoms with Gasteiger partial charge in [-0.25, -0.2) is 9.97 Å². The zero-order chi connectivity index (χ0) is 15.1. The van der Waals surface area contributed by atoms with Crippen LogP contribution < -0.4 is 4.90 Å². The number of rotatable bonds is 2. The van der Waals surface area contributed by atoms with Crippen molar-refractivity contribution in [2.45, 2.75) is 6.92 Å². The molecule has 2 aromatic heterocycles. The van der Waals surface area contributed by atoms with Crippen molar-refractivity contribution in [2.75, 3.05) is 31.2 Å². The molecule has 22 heavy (non-hydrogen) atoms. The monoisotopic (exact) mass is 296 g/mol. The van der Waals surface area contributed by atoms with Gasteiger partial charge in [0.05, 0.1) is 18.6 Å². The van der Waals surface area contributed by atoms with Gasteiger partial charge in [-0.05, 0) is 25.1 Å². The minimum Gasteiger partial charge on any atom is -0.378 e. The molecule has 1 aromatic carbocycles. The number of H-pyrrole nitrogens is 1. The van der Waals surface area contributed by atoms with Crippen LogP contribution in [0.3, 0.4) is 0 Å². The van der Waals surface area contributed by atoms with Gasteiger partial charge in [0, 0.05) is 29.6 Å². The van der Waals surface area contributed by atoms with Crippen molar-refractivity contribution in [3.05, 3.63) is 30.1 Å². The van der Waals surface area contributed by atoms with Crippen molar-refractivity contribution in [3.63, 3.8) is 0 Å². The number of morpholine rings is 1. The molecule has 6 heteroatoms. The Labute approximate surface area is 127 Å². The van der Waals surface area contributed by atoms with Gasteiger partial charge in [0.2, 0.25) is 0 Å². The second kappa shape index (κ2) is 5.06. The predicted molar refractivity (Wildman–Crippen MR) is 84.4 cm³/mol. The molecule has 0 atom stereocenters. The maximum absolute atomic E-state index is 11.7. The van der Waals surface area contributed by atoms with Crippen LogP contribution in [-0.2, 0) is 4.74 Å². The molecule has 0 spiro atoms. The zero-order valence-electron chi connectivity index (χ0n) is 12.3. The number of ether oxygens (including phenoxy) is 1. The van der Waals surface area contributed by atoms with E-state index < -0.39 is 0 Å². The third kappa shape index (κ3) is 2.03. The third-order valence-electron chi connectivity index (χ3n) is 4.09. The molecule has 0 amide bonds. The Morgan fingerprint density at radius 3 is 2.86 bits per heavy atom. The van der Waals surface area contributed by atoms with Gasteiger partial charge < -0.3 is 14.6 Å². The summed E-state index contributed by atoms with van der Waals surface area (Å²) in [6, 6.07) is 5.68. The highest BCUT2D eigenvalue weighted by molar-refractivity contribution is 6.13. The Bertz CT molecular complexity index is 865. The summed E-state index contributed by atoms with van der Waals surface area (Å²) < 4.78 is 5.42. The molecule has 1 aliphatic rings. The quantitative estimate of drug-likeness (QED) is 0.734. The summed E-state index contributed by atoms with van der Waals surface area (Å²) in [5, 5.41) is 1.97. The SMILES string of the molecule is CC(=O)c1ccc2[nH]c3ncnc(N4CCOCC4)c3c2c1. The van der Waals surface area contributed by atoms with E-state index in [-0.39, 0.29) is 5.78 Å². The predicted octanol–water partition coefficient (Wildman–Crippen LogP) is 2.15. The highest BCUT2D eigenvalue weighted by Crippen LogP contribution is 2.32. The molecule has 1 saturated heterocycles. The summed E-state index contributed by atoms with van der Waals surface area (Å²) in [4.78, 5) is 26.0. The fourth-order valence-electron chi connectivity index (χ4n) is 2.94. The van der Waals surface area contributed by atoms with E-state index in [0.29, 0.717) is 18.8 Å². The molecule has 6 nitrogen and oxygen atoms in total. The Morgan fingerprint density at radius 2 is 2.09 bits per heavy atom. The first-order valence-corrected chi connectivity index (χ1v) is 7.34. The molecule has 4 rings (SSSR count). The van der Waals surface area contributed by atoms with Crippen molar-refractivity contribution >= 4 is 33.5 Å². The van der Waals surface area contributed by atoms with Gasteiger partial charge in [-0.3, -0.25) is 4.79 Å². The molecule has 3 aromatic rings. The van der Waals surface area contributed by atoms with Crippen LogP contribution in [0.15, 0.2) is 24.5 Å². The van der Waals surface area contributed by atoms with Gasteiger partial charge in [0.1, 0.15) is 17.8 Å². The van der Waals surface area contributed by atoms with Crippen LogP contribution >= 0.6 is 0 Å². The molecule has 1 fully saturated rings. The molecule has 1 N–H and O–H groups in total. The van der Waals surface area contributed by atoms with Gasteiger partial charge in [0.15, 0.2) is 5.78 Å². The summed E-state index contributed by atoms with van der Waals surface area (Å²) in [7, 11) is 0. The number of aromatic nitrogens is 3. The van der Waals surface area contributed by atoms with Gasteiger partial charge in [-0.1, -0.05) is 0 Å². The number of fused-ring (bicyclic) bond motifs is 3. The van der Waals surface area contributed by atoms with Crippen LogP contribution in [0.4, 0.5) is 5.82 Å². The van der Waals surface area contributed by atoms with E-state index in [2.05, 4.69) is 19.9 Å². The highest BCUT2D eigenvalue weighted by Gasteiger charge is 2.19. The second-order valence-corrected chi connectivity index (χ2v) is 5.46. The summed E-state index contributed by atoms with van der Waals surface area (Å²) in [6.07, 6.45) is 1.58. The van der Waals surface area contributed by atoms with Crippen molar-refractivity contribution in [2.24, 2.45) is 0 Å². The summed E-state index contributed by atoms with van der Waals surface area (Å²) in [5.41, 5.74) is 2.47. The van der Waals surface area contributed by atoms with Gasteiger partial charge in [-0.15, -0.1) is 0 Å². The number of benzene rings is 1. The van der Waals surface area contributed by atoms with E-state index in [1.54, 1.807) is 13.3 Å². The minimum atomic E-state index is 0.0565. The summed E-state index contributed by atoms with van der Waals surface area (Å²) in [6.45, 7) is 4.60. The average Bonchev–Trinajstić information content (AvgIpc) is 2.93. The van der Waals surface area contributed by atoms with E-state index in [0.717, 1.165) is 40.8 Å². The van der Waals surface area contributed by atoms with E-state index >= 15 is 0 Å².